The maximum Gasteiger partial charge on any atom is 0.499 e. The lowest BCUT2D eigenvalue weighted by Gasteiger charge is -1.94. The minimum absolute atomic E-state index is 0.534. The highest BCUT2D eigenvalue weighted by Gasteiger charge is 2.14. The standard InChI is InChI=1S/C8H9BN2O2S/c1-6-3-11(5-10-6)7-2-8(9(12)13)14-4-7/h2-5,12-13H,1H3. The maximum atomic E-state index is 8.93. The predicted octanol–water partition coefficient (Wildman–Crippen LogP) is -0.0780. The van der Waals surface area contributed by atoms with Crippen molar-refractivity contribution in [1.82, 2.24) is 9.55 Å². The van der Waals surface area contributed by atoms with Crippen molar-refractivity contribution in [2.75, 3.05) is 0 Å². The Bertz CT molecular complexity index is 438. The van der Waals surface area contributed by atoms with Gasteiger partial charge in [0.15, 0.2) is 0 Å². The van der Waals surface area contributed by atoms with E-state index in [9.17, 15) is 0 Å². The molecule has 6 heteroatoms. The summed E-state index contributed by atoms with van der Waals surface area (Å²) in [6.45, 7) is 1.91. The first-order valence-electron chi connectivity index (χ1n) is 4.12. The van der Waals surface area contributed by atoms with E-state index in [-0.39, 0.29) is 0 Å². The second-order valence-corrected chi connectivity index (χ2v) is 3.95. The van der Waals surface area contributed by atoms with E-state index in [1.165, 1.54) is 11.3 Å². The van der Waals surface area contributed by atoms with E-state index in [0.717, 1.165) is 11.4 Å². The van der Waals surface area contributed by atoms with E-state index in [4.69, 9.17) is 10.0 Å². The molecule has 0 aromatic carbocycles. The lowest BCUT2D eigenvalue weighted by Crippen LogP contribution is -2.26. The zero-order valence-corrected chi connectivity index (χ0v) is 8.40. The molecule has 0 aliphatic carbocycles. The number of nitrogens with zero attached hydrogens (tertiary/aromatic N) is 2. The number of rotatable bonds is 2. The van der Waals surface area contributed by atoms with E-state index in [2.05, 4.69) is 4.98 Å². The average molecular weight is 208 g/mol. The summed E-state index contributed by atoms with van der Waals surface area (Å²) in [6.07, 6.45) is 3.58. The van der Waals surface area contributed by atoms with Gasteiger partial charge in [0.25, 0.3) is 0 Å². The van der Waals surface area contributed by atoms with E-state index in [0.29, 0.717) is 4.78 Å². The highest BCUT2D eigenvalue weighted by Crippen LogP contribution is 2.11. The van der Waals surface area contributed by atoms with Crippen molar-refractivity contribution in [3.05, 3.63) is 29.7 Å². The molecule has 0 spiro atoms. The Morgan fingerprint density at radius 3 is 2.79 bits per heavy atom. The van der Waals surface area contributed by atoms with Crippen molar-refractivity contribution < 1.29 is 10.0 Å². The van der Waals surface area contributed by atoms with Crippen LogP contribution in [0.4, 0.5) is 0 Å². The number of imidazole rings is 1. The van der Waals surface area contributed by atoms with E-state index in [1.807, 2.05) is 23.1 Å². The molecule has 4 nitrogen and oxygen atoms in total. The lowest BCUT2D eigenvalue weighted by atomic mass is 9.89. The van der Waals surface area contributed by atoms with Crippen molar-refractivity contribution >= 4 is 23.2 Å². The lowest BCUT2D eigenvalue weighted by molar-refractivity contribution is 0.427. The molecule has 0 saturated carbocycles. The van der Waals surface area contributed by atoms with Crippen molar-refractivity contribution in [2.24, 2.45) is 0 Å². The fourth-order valence-corrected chi connectivity index (χ4v) is 1.93. The largest absolute Gasteiger partial charge is 0.499 e. The van der Waals surface area contributed by atoms with Crippen LogP contribution >= 0.6 is 11.3 Å². The van der Waals surface area contributed by atoms with Gasteiger partial charge in [0.1, 0.15) is 0 Å². The molecular weight excluding hydrogens is 199 g/mol. The van der Waals surface area contributed by atoms with Crippen LogP contribution in [0.2, 0.25) is 0 Å². The summed E-state index contributed by atoms with van der Waals surface area (Å²) < 4.78 is 2.38. The fourth-order valence-electron chi connectivity index (χ4n) is 1.18. The molecule has 0 unspecified atom stereocenters. The summed E-state index contributed by atoms with van der Waals surface area (Å²) in [5.74, 6) is 0. The monoisotopic (exact) mass is 208 g/mol. The smallest absolute Gasteiger partial charge is 0.423 e. The third-order valence-corrected chi connectivity index (χ3v) is 2.83. The quantitative estimate of drug-likeness (QED) is 0.678. The van der Waals surface area contributed by atoms with Crippen LogP contribution in [0.25, 0.3) is 5.69 Å². The first-order valence-corrected chi connectivity index (χ1v) is 5.00. The van der Waals surface area contributed by atoms with Crippen molar-refractivity contribution in [3.63, 3.8) is 0 Å². The van der Waals surface area contributed by atoms with Crippen molar-refractivity contribution in [1.29, 1.82) is 0 Å². The van der Waals surface area contributed by atoms with Gasteiger partial charge in [-0.1, -0.05) is 0 Å². The average Bonchev–Trinajstić information content (AvgIpc) is 2.70. The third-order valence-electron chi connectivity index (χ3n) is 1.87. The van der Waals surface area contributed by atoms with Gasteiger partial charge in [-0.05, 0) is 13.0 Å². The van der Waals surface area contributed by atoms with E-state index >= 15 is 0 Å². The molecule has 0 fully saturated rings. The van der Waals surface area contributed by atoms with Gasteiger partial charge in [-0.2, -0.15) is 11.3 Å². The number of hydrogen-bond acceptors (Lipinski definition) is 4. The van der Waals surface area contributed by atoms with Crippen molar-refractivity contribution in [3.8, 4) is 5.69 Å². The summed E-state index contributed by atoms with van der Waals surface area (Å²) >= 11 is 1.31. The van der Waals surface area contributed by atoms with Gasteiger partial charge >= 0.3 is 7.12 Å². The highest BCUT2D eigenvalue weighted by molar-refractivity contribution is 7.20. The number of hydrogen-bond donors (Lipinski definition) is 2. The van der Waals surface area contributed by atoms with Crippen LogP contribution in [0, 0.1) is 6.92 Å². The molecule has 2 rings (SSSR count). The summed E-state index contributed by atoms with van der Waals surface area (Å²) in [6, 6.07) is 1.73. The summed E-state index contributed by atoms with van der Waals surface area (Å²) in [7, 11) is -1.39. The van der Waals surface area contributed by atoms with Gasteiger partial charge in [-0.15, -0.1) is 0 Å². The van der Waals surface area contributed by atoms with Crippen molar-refractivity contribution in [2.45, 2.75) is 6.92 Å². The summed E-state index contributed by atoms with van der Waals surface area (Å²) in [5, 5.41) is 19.7. The van der Waals surface area contributed by atoms with Gasteiger partial charge in [0.05, 0.1) is 17.7 Å². The van der Waals surface area contributed by atoms with Crippen LogP contribution in [-0.2, 0) is 0 Å². The molecule has 14 heavy (non-hydrogen) atoms. The second-order valence-electron chi connectivity index (χ2n) is 3.00. The Hall–Kier alpha value is -1.11. The van der Waals surface area contributed by atoms with Gasteiger partial charge < -0.3 is 14.6 Å². The topological polar surface area (TPSA) is 58.3 Å². The molecule has 0 amide bonds. The SMILES string of the molecule is Cc1cn(-c2csc(B(O)O)c2)cn1. The summed E-state index contributed by atoms with van der Waals surface area (Å²) in [5.41, 5.74) is 1.83. The minimum atomic E-state index is -1.39. The molecule has 2 aromatic rings. The number of aromatic nitrogens is 2. The molecule has 2 aromatic heterocycles. The number of aryl methyl sites for hydroxylation is 1. The molecule has 72 valence electrons. The van der Waals surface area contributed by atoms with Crippen LogP contribution in [0.1, 0.15) is 5.69 Å². The molecular formula is C8H9BN2O2S. The Labute approximate surface area is 85.6 Å². The predicted molar refractivity (Wildman–Crippen MR) is 56.0 cm³/mol. The van der Waals surface area contributed by atoms with Gasteiger partial charge in [0, 0.05) is 16.4 Å². The maximum absolute atomic E-state index is 8.93. The Balaban J connectivity index is 2.33. The first kappa shape index (κ1) is 9.45. The highest BCUT2D eigenvalue weighted by atomic mass is 32.1. The second kappa shape index (κ2) is 3.57. The molecule has 2 heterocycles. The molecule has 0 atom stereocenters. The normalized spacial score (nSPS) is 10.5. The Kier molecular flexibility index (Phi) is 2.41. The minimum Gasteiger partial charge on any atom is -0.423 e. The molecule has 0 aliphatic rings. The molecule has 0 saturated heterocycles. The zero-order chi connectivity index (χ0) is 10.1. The van der Waals surface area contributed by atoms with Crippen LogP contribution < -0.4 is 4.78 Å². The third kappa shape index (κ3) is 1.72. The molecule has 0 aliphatic heterocycles. The summed E-state index contributed by atoms with van der Waals surface area (Å²) in [4.78, 5) is 4.09. The Morgan fingerprint density at radius 1 is 1.50 bits per heavy atom. The van der Waals surface area contributed by atoms with Crippen LogP contribution in [0.3, 0.4) is 0 Å². The zero-order valence-electron chi connectivity index (χ0n) is 7.58. The number of thiophene rings is 1. The Morgan fingerprint density at radius 2 is 2.29 bits per heavy atom. The fraction of sp³-hybridized carbons (Fsp3) is 0.125. The van der Waals surface area contributed by atoms with E-state index < -0.39 is 7.12 Å². The van der Waals surface area contributed by atoms with Gasteiger partial charge in [0.2, 0.25) is 0 Å². The van der Waals surface area contributed by atoms with Crippen LogP contribution in [0.15, 0.2) is 24.0 Å². The molecule has 0 radical (unpaired) electrons. The van der Waals surface area contributed by atoms with Crippen LogP contribution in [-0.4, -0.2) is 26.7 Å². The molecule has 2 N–H and O–H groups in total. The van der Waals surface area contributed by atoms with E-state index in [1.54, 1.807) is 12.4 Å². The van der Waals surface area contributed by atoms with Gasteiger partial charge in [-0.3, -0.25) is 0 Å². The van der Waals surface area contributed by atoms with Crippen LogP contribution in [0.5, 0.6) is 0 Å². The first-order chi connectivity index (χ1) is 6.66. The molecule has 0 bridgehead atoms. The van der Waals surface area contributed by atoms with Gasteiger partial charge in [-0.25, -0.2) is 4.98 Å².